The summed E-state index contributed by atoms with van der Waals surface area (Å²) in [4.78, 5) is 7.06. The molecule has 3 rings (SSSR count). The highest BCUT2D eigenvalue weighted by Crippen LogP contribution is 2.21. The Balaban J connectivity index is 1.73. The number of aromatic nitrogens is 2. The Morgan fingerprint density at radius 2 is 2.12 bits per heavy atom. The molecule has 0 aromatic carbocycles. The van der Waals surface area contributed by atoms with Gasteiger partial charge in [0.05, 0.1) is 12.0 Å². The number of piperazine rings is 1. The molecule has 2 aliphatic rings. The SMILES string of the molecule is Cc1ncn2c1CC(N1CCNCC1)CC2. The number of rotatable bonds is 1. The summed E-state index contributed by atoms with van der Waals surface area (Å²) in [5.41, 5.74) is 2.68. The highest BCUT2D eigenvalue weighted by molar-refractivity contribution is 5.15. The summed E-state index contributed by atoms with van der Waals surface area (Å²) in [6, 6.07) is 0.741. The van der Waals surface area contributed by atoms with Crippen LogP contribution in [-0.4, -0.2) is 46.7 Å². The first-order chi connectivity index (χ1) is 7.84. The topological polar surface area (TPSA) is 33.1 Å². The van der Waals surface area contributed by atoms with E-state index in [1.54, 1.807) is 0 Å². The van der Waals surface area contributed by atoms with E-state index in [2.05, 4.69) is 26.7 Å². The van der Waals surface area contributed by atoms with Crippen LogP contribution in [0.2, 0.25) is 0 Å². The Morgan fingerprint density at radius 3 is 2.94 bits per heavy atom. The summed E-state index contributed by atoms with van der Waals surface area (Å²) in [5, 5.41) is 3.42. The fraction of sp³-hybridized carbons (Fsp3) is 0.750. The number of imidazole rings is 1. The Morgan fingerprint density at radius 1 is 1.31 bits per heavy atom. The van der Waals surface area contributed by atoms with Gasteiger partial charge in [-0.1, -0.05) is 0 Å². The van der Waals surface area contributed by atoms with Crippen molar-refractivity contribution in [2.45, 2.75) is 32.4 Å². The average Bonchev–Trinajstić information content (AvgIpc) is 2.72. The lowest BCUT2D eigenvalue weighted by Crippen LogP contribution is -2.50. The lowest BCUT2D eigenvalue weighted by atomic mass is 10.0. The molecule has 0 saturated carbocycles. The summed E-state index contributed by atoms with van der Waals surface area (Å²) in [7, 11) is 0. The number of fused-ring (bicyclic) bond motifs is 1. The lowest BCUT2D eigenvalue weighted by molar-refractivity contribution is 0.148. The zero-order valence-corrected chi connectivity index (χ0v) is 9.95. The molecule has 3 heterocycles. The number of nitrogens with zero attached hydrogens (tertiary/aromatic N) is 3. The average molecular weight is 220 g/mol. The smallest absolute Gasteiger partial charge is 0.0951 e. The van der Waals surface area contributed by atoms with Gasteiger partial charge in [-0.2, -0.15) is 0 Å². The first-order valence-electron chi connectivity index (χ1n) is 6.30. The van der Waals surface area contributed by atoms with E-state index in [-0.39, 0.29) is 0 Å². The van der Waals surface area contributed by atoms with Crippen molar-refractivity contribution >= 4 is 0 Å². The Kier molecular flexibility index (Phi) is 2.69. The quantitative estimate of drug-likeness (QED) is 0.744. The Hall–Kier alpha value is -0.870. The van der Waals surface area contributed by atoms with E-state index >= 15 is 0 Å². The van der Waals surface area contributed by atoms with Gasteiger partial charge in [0.25, 0.3) is 0 Å². The van der Waals surface area contributed by atoms with Gasteiger partial charge in [-0.15, -0.1) is 0 Å². The van der Waals surface area contributed by atoms with E-state index in [1.807, 2.05) is 6.33 Å². The van der Waals surface area contributed by atoms with Crippen LogP contribution >= 0.6 is 0 Å². The van der Waals surface area contributed by atoms with Crippen LogP contribution in [0.1, 0.15) is 17.8 Å². The van der Waals surface area contributed by atoms with E-state index in [9.17, 15) is 0 Å². The van der Waals surface area contributed by atoms with Crippen molar-refractivity contribution in [3.63, 3.8) is 0 Å². The number of hydrogen-bond acceptors (Lipinski definition) is 3. The van der Waals surface area contributed by atoms with Crippen molar-refractivity contribution in [2.75, 3.05) is 26.2 Å². The standard InChI is InChI=1S/C12H20N4/c1-10-12-8-11(2-5-16(12)9-14-10)15-6-3-13-4-7-15/h9,11,13H,2-8H2,1H3. The summed E-state index contributed by atoms with van der Waals surface area (Å²) in [5.74, 6) is 0. The minimum absolute atomic E-state index is 0.741. The second-order valence-corrected chi connectivity index (χ2v) is 4.90. The van der Waals surface area contributed by atoms with Crippen LogP contribution in [0.25, 0.3) is 0 Å². The first-order valence-corrected chi connectivity index (χ1v) is 6.30. The zero-order chi connectivity index (χ0) is 11.0. The van der Waals surface area contributed by atoms with Gasteiger partial charge in [-0.25, -0.2) is 4.98 Å². The molecule has 1 saturated heterocycles. The van der Waals surface area contributed by atoms with Crippen molar-refractivity contribution in [3.8, 4) is 0 Å². The number of nitrogens with one attached hydrogen (secondary N) is 1. The van der Waals surface area contributed by atoms with Gasteiger partial charge in [-0.3, -0.25) is 4.90 Å². The molecule has 88 valence electrons. The maximum atomic E-state index is 4.41. The Labute approximate surface area is 96.7 Å². The predicted octanol–water partition coefficient (Wildman–Crippen LogP) is 0.412. The highest BCUT2D eigenvalue weighted by Gasteiger charge is 2.26. The normalized spacial score (nSPS) is 26.7. The van der Waals surface area contributed by atoms with E-state index in [4.69, 9.17) is 0 Å². The summed E-state index contributed by atoms with van der Waals surface area (Å²) >= 11 is 0. The van der Waals surface area contributed by atoms with Gasteiger partial charge in [-0.05, 0) is 13.3 Å². The fourth-order valence-electron chi connectivity index (χ4n) is 2.94. The van der Waals surface area contributed by atoms with Gasteiger partial charge < -0.3 is 9.88 Å². The minimum atomic E-state index is 0.741. The van der Waals surface area contributed by atoms with E-state index in [0.717, 1.165) is 25.7 Å². The molecule has 0 bridgehead atoms. The molecule has 1 fully saturated rings. The molecule has 16 heavy (non-hydrogen) atoms. The van der Waals surface area contributed by atoms with Crippen molar-refractivity contribution in [2.24, 2.45) is 0 Å². The summed E-state index contributed by atoms with van der Waals surface area (Å²) in [6.07, 6.45) is 4.47. The molecule has 1 N–H and O–H groups in total. The maximum absolute atomic E-state index is 4.41. The maximum Gasteiger partial charge on any atom is 0.0951 e. The zero-order valence-electron chi connectivity index (χ0n) is 9.95. The van der Waals surface area contributed by atoms with Crippen LogP contribution < -0.4 is 5.32 Å². The van der Waals surface area contributed by atoms with Crippen molar-refractivity contribution in [1.82, 2.24) is 19.8 Å². The molecule has 1 atom stereocenters. The molecule has 2 aliphatic heterocycles. The molecule has 0 radical (unpaired) electrons. The van der Waals surface area contributed by atoms with Gasteiger partial charge >= 0.3 is 0 Å². The Bertz CT molecular complexity index is 365. The predicted molar refractivity (Wildman–Crippen MR) is 63.5 cm³/mol. The van der Waals surface area contributed by atoms with Crippen LogP contribution in [-0.2, 0) is 13.0 Å². The largest absolute Gasteiger partial charge is 0.334 e. The van der Waals surface area contributed by atoms with Crippen LogP contribution in [0.15, 0.2) is 6.33 Å². The van der Waals surface area contributed by atoms with Crippen LogP contribution in [0.3, 0.4) is 0 Å². The van der Waals surface area contributed by atoms with E-state index in [0.29, 0.717) is 0 Å². The van der Waals surface area contributed by atoms with Crippen LogP contribution in [0, 0.1) is 6.92 Å². The molecule has 1 unspecified atom stereocenters. The van der Waals surface area contributed by atoms with E-state index < -0.39 is 0 Å². The monoisotopic (exact) mass is 220 g/mol. The van der Waals surface area contributed by atoms with E-state index in [1.165, 1.54) is 37.3 Å². The van der Waals surface area contributed by atoms with Crippen molar-refractivity contribution in [3.05, 3.63) is 17.7 Å². The lowest BCUT2D eigenvalue weighted by Gasteiger charge is -2.37. The fourth-order valence-corrected chi connectivity index (χ4v) is 2.94. The molecular weight excluding hydrogens is 200 g/mol. The van der Waals surface area contributed by atoms with Crippen molar-refractivity contribution in [1.29, 1.82) is 0 Å². The van der Waals surface area contributed by atoms with Gasteiger partial charge in [0.1, 0.15) is 0 Å². The molecular formula is C12H20N4. The van der Waals surface area contributed by atoms with Gasteiger partial charge in [0.15, 0.2) is 0 Å². The second-order valence-electron chi connectivity index (χ2n) is 4.90. The molecule has 4 nitrogen and oxygen atoms in total. The minimum Gasteiger partial charge on any atom is -0.334 e. The van der Waals surface area contributed by atoms with Crippen molar-refractivity contribution < 1.29 is 0 Å². The molecule has 0 aliphatic carbocycles. The second kappa shape index (κ2) is 4.18. The van der Waals surface area contributed by atoms with Crippen LogP contribution in [0.5, 0.6) is 0 Å². The van der Waals surface area contributed by atoms with Gasteiger partial charge in [0.2, 0.25) is 0 Å². The molecule has 4 heteroatoms. The summed E-state index contributed by atoms with van der Waals surface area (Å²) in [6.45, 7) is 7.98. The molecule has 0 spiro atoms. The third kappa shape index (κ3) is 1.76. The third-order valence-electron chi connectivity index (χ3n) is 3.96. The van der Waals surface area contributed by atoms with Gasteiger partial charge in [0, 0.05) is 50.9 Å². The van der Waals surface area contributed by atoms with Crippen LogP contribution in [0.4, 0.5) is 0 Å². The molecule has 1 aromatic rings. The highest BCUT2D eigenvalue weighted by atomic mass is 15.2. The molecule has 1 aromatic heterocycles. The summed E-state index contributed by atoms with van der Waals surface area (Å²) < 4.78 is 2.33. The number of hydrogen-bond donors (Lipinski definition) is 1. The number of aryl methyl sites for hydroxylation is 2. The molecule has 0 amide bonds. The first kappa shape index (κ1) is 10.3. The third-order valence-corrected chi connectivity index (χ3v) is 3.96.